The Labute approximate surface area is 187 Å². The molecule has 31 heavy (non-hydrogen) atoms. The molecule has 0 atom stereocenters. The van der Waals surface area contributed by atoms with Gasteiger partial charge in [0.25, 0.3) is 5.91 Å². The highest BCUT2D eigenvalue weighted by Gasteiger charge is 2.22. The molecule has 0 aliphatic carbocycles. The van der Waals surface area contributed by atoms with Crippen molar-refractivity contribution in [2.45, 2.75) is 66.5 Å². The number of fused-ring (bicyclic) bond motifs is 1. The van der Waals surface area contributed by atoms with Crippen LogP contribution in [0.2, 0.25) is 0 Å². The van der Waals surface area contributed by atoms with Crippen molar-refractivity contribution in [3.8, 4) is 0 Å². The number of nitrogens with two attached hydrogens (primary N) is 2. The molecule has 8 nitrogen and oxygen atoms in total. The van der Waals surface area contributed by atoms with Gasteiger partial charge in [-0.3, -0.25) is 14.5 Å². The molecule has 2 amide bonds. The summed E-state index contributed by atoms with van der Waals surface area (Å²) in [5.41, 5.74) is 11.6. The molecule has 0 aromatic carbocycles. The van der Waals surface area contributed by atoms with Gasteiger partial charge in [-0.1, -0.05) is 40.2 Å². The molecule has 176 valence electrons. The molecule has 0 unspecified atom stereocenters. The minimum atomic E-state index is -0.432. The van der Waals surface area contributed by atoms with Gasteiger partial charge in [-0.2, -0.15) is 0 Å². The molecule has 0 saturated carbocycles. The van der Waals surface area contributed by atoms with Gasteiger partial charge in [-0.25, -0.2) is 4.98 Å². The monoisotopic (exact) mass is 434 g/mol. The van der Waals surface area contributed by atoms with Gasteiger partial charge >= 0.3 is 0 Å². The number of primary amides is 2. The Morgan fingerprint density at radius 1 is 1.13 bits per heavy atom. The highest BCUT2D eigenvalue weighted by Crippen LogP contribution is 2.19. The Kier molecular flexibility index (Phi) is 11.5. The molecule has 0 spiro atoms. The molecule has 8 heteroatoms. The number of amides is 2. The molecule has 3 rings (SSSR count). The van der Waals surface area contributed by atoms with Crippen molar-refractivity contribution in [2.24, 2.45) is 16.9 Å². The molecular formula is C23H42N6O2. The number of carbonyl (C=O) groups excluding carboxylic acids is 2. The predicted octanol–water partition coefficient (Wildman–Crippen LogP) is 2.47. The smallest absolute Gasteiger partial charge is 0.269 e. The number of aromatic nitrogens is 2. The first-order chi connectivity index (χ1) is 14.6. The van der Waals surface area contributed by atoms with E-state index in [1.807, 2.05) is 6.08 Å². The fourth-order valence-corrected chi connectivity index (χ4v) is 3.35. The third kappa shape index (κ3) is 9.65. The van der Waals surface area contributed by atoms with E-state index in [0.29, 0.717) is 11.1 Å². The van der Waals surface area contributed by atoms with Crippen LogP contribution in [0.25, 0.3) is 6.08 Å². The van der Waals surface area contributed by atoms with Crippen molar-refractivity contribution in [1.82, 2.24) is 19.4 Å². The largest absolute Gasteiger partial charge is 0.372 e. The lowest BCUT2D eigenvalue weighted by atomic mass is 9.94. The van der Waals surface area contributed by atoms with Gasteiger partial charge in [-0.15, -0.1) is 0 Å². The van der Waals surface area contributed by atoms with Crippen molar-refractivity contribution in [3.63, 3.8) is 0 Å². The molecule has 3 heterocycles. The molecule has 1 aromatic heterocycles. The number of carbonyl (C=O) groups is 2. The summed E-state index contributed by atoms with van der Waals surface area (Å²) in [4.78, 5) is 29.4. The minimum Gasteiger partial charge on any atom is -0.372 e. The van der Waals surface area contributed by atoms with Crippen LogP contribution in [-0.2, 0) is 17.9 Å². The van der Waals surface area contributed by atoms with Crippen molar-refractivity contribution < 1.29 is 9.59 Å². The molecule has 2 aliphatic rings. The Bertz CT molecular complexity index is 714. The van der Waals surface area contributed by atoms with Gasteiger partial charge in [-0.05, 0) is 57.4 Å². The van der Waals surface area contributed by atoms with Crippen LogP contribution < -0.4 is 11.5 Å². The Hall–Kier alpha value is -2.19. The van der Waals surface area contributed by atoms with Crippen LogP contribution in [0.1, 0.15) is 75.4 Å². The van der Waals surface area contributed by atoms with E-state index < -0.39 is 5.91 Å². The lowest BCUT2D eigenvalue weighted by Gasteiger charge is -2.12. The number of hydrogen-bond acceptors (Lipinski definition) is 5. The summed E-state index contributed by atoms with van der Waals surface area (Å²) in [6.07, 6.45) is 9.37. The Morgan fingerprint density at radius 2 is 1.71 bits per heavy atom. The first-order valence-electron chi connectivity index (χ1n) is 11.2. The SMILES string of the molecule is CCC(C)(C)C.CN1CCCn2c(/C=C/CN3CCCC3)nc(C(N)=O)c2C1.NC=O. The van der Waals surface area contributed by atoms with Gasteiger partial charge in [0.2, 0.25) is 6.41 Å². The summed E-state index contributed by atoms with van der Waals surface area (Å²) in [6, 6.07) is 0. The van der Waals surface area contributed by atoms with Crippen molar-refractivity contribution >= 4 is 18.4 Å². The van der Waals surface area contributed by atoms with Crippen molar-refractivity contribution in [2.75, 3.05) is 33.2 Å². The van der Waals surface area contributed by atoms with E-state index in [1.54, 1.807) is 0 Å². The third-order valence-corrected chi connectivity index (χ3v) is 5.57. The zero-order valence-electron chi connectivity index (χ0n) is 20.1. The maximum absolute atomic E-state index is 11.7. The normalized spacial score (nSPS) is 17.2. The summed E-state index contributed by atoms with van der Waals surface area (Å²) in [5.74, 6) is 0.427. The van der Waals surface area contributed by atoms with E-state index in [0.717, 1.165) is 44.1 Å². The number of imidazole rings is 1. The zero-order valence-corrected chi connectivity index (χ0v) is 20.1. The van der Waals surface area contributed by atoms with E-state index in [2.05, 4.69) is 65.9 Å². The van der Waals surface area contributed by atoms with Crippen LogP contribution in [0.5, 0.6) is 0 Å². The summed E-state index contributed by atoms with van der Waals surface area (Å²) < 4.78 is 2.16. The van der Waals surface area contributed by atoms with Crippen LogP contribution in [0.15, 0.2) is 6.08 Å². The first-order valence-corrected chi connectivity index (χ1v) is 11.2. The highest BCUT2D eigenvalue weighted by atomic mass is 16.1. The molecule has 1 saturated heterocycles. The van der Waals surface area contributed by atoms with E-state index in [4.69, 9.17) is 10.5 Å². The highest BCUT2D eigenvalue weighted by molar-refractivity contribution is 5.92. The molecule has 1 fully saturated rings. The standard InChI is InChI=1S/C16H25N5O.C6H14.CH3NO/c1-19-7-5-11-21-13(12-19)15(16(17)22)18-14(21)6-4-10-20-8-2-3-9-20;1-5-6(2,3)4;2-1-3/h4,6H,2-3,5,7-12H2,1H3,(H2,17,22);5H2,1-4H3;1H,(H2,2,3)/b6-4+;;. The second-order valence-electron chi connectivity index (χ2n) is 9.33. The second-order valence-corrected chi connectivity index (χ2v) is 9.33. The lowest BCUT2D eigenvalue weighted by molar-refractivity contribution is -0.106. The maximum Gasteiger partial charge on any atom is 0.269 e. The van der Waals surface area contributed by atoms with Gasteiger partial charge in [0.1, 0.15) is 5.82 Å². The molecule has 2 aliphatic heterocycles. The van der Waals surface area contributed by atoms with Gasteiger partial charge in [0.05, 0.1) is 5.69 Å². The second kappa shape index (κ2) is 13.3. The van der Waals surface area contributed by atoms with Gasteiger partial charge < -0.3 is 20.9 Å². The third-order valence-electron chi connectivity index (χ3n) is 5.57. The van der Waals surface area contributed by atoms with Crippen LogP contribution in [0, 0.1) is 5.41 Å². The van der Waals surface area contributed by atoms with Crippen LogP contribution in [-0.4, -0.2) is 64.9 Å². The summed E-state index contributed by atoms with van der Waals surface area (Å²) in [5, 5.41) is 0. The summed E-state index contributed by atoms with van der Waals surface area (Å²) in [7, 11) is 2.07. The number of likely N-dealkylation sites (tertiary alicyclic amines) is 1. The maximum atomic E-state index is 11.7. The molecule has 0 bridgehead atoms. The number of hydrogen-bond donors (Lipinski definition) is 2. The minimum absolute atomic E-state index is 0.250. The van der Waals surface area contributed by atoms with Crippen molar-refractivity contribution in [3.05, 3.63) is 23.3 Å². The van der Waals surface area contributed by atoms with Crippen molar-refractivity contribution in [1.29, 1.82) is 0 Å². The Balaban J connectivity index is 0.000000455. The first kappa shape index (κ1) is 26.8. The fourth-order valence-electron chi connectivity index (χ4n) is 3.35. The fraction of sp³-hybridized carbons (Fsp3) is 0.696. The average molecular weight is 435 g/mol. The predicted molar refractivity (Wildman–Crippen MR) is 126 cm³/mol. The number of nitrogens with zero attached hydrogens (tertiary/aromatic N) is 4. The Morgan fingerprint density at radius 3 is 2.23 bits per heavy atom. The van der Waals surface area contributed by atoms with E-state index in [1.165, 1.54) is 32.4 Å². The van der Waals surface area contributed by atoms with Crippen LogP contribution in [0.4, 0.5) is 0 Å². The molecular weight excluding hydrogens is 392 g/mol. The summed E-state index contributed by atoms with van der Waals surface area (Å²) in [6.45, 7) is 14.9. The molecule has 0 radical (unpaired) electrons. The van der Waals surface area contributed by atoms with E-state index >= 15 is 0 Å². The number of rotatable bonds is 4. The van der Waals surface area contributed by atoms with E-state index in [9.17, 15) is 4.79 Å². The lowest BCUT2D eigenvalue weighted by Crippen LogP contribution is -2.21. The van der Waals surface area contributed by atoms with Crippen LogP contribution in [0.3, 0.4) is 0 Å². The summed E-state index contributed by atoms with van der Waals surface area (Å²) >= 11 is 0. The molecule has 4 N–H and O–H groups in total. The topological polar surface area (TPSA) is 110 Å². The zero-order chi connectivity index (χ0) is 23.4. The quantitative estimate of drug-likeness (QED) is 0.707. The molecule has 1 aromatic rings. The van der Waals surface area contributed by atoms with Gasteiger partial charge in [0, 0.05) is 19.6 Å². The van der Waals surface area contributed by atoms with Crippen LogP contribution >= 0.6 is 0 Å². The van der Waals surface area contributed by atoms with Gasteiger partial charge in [0.15, 0.2) is 5.69 Å². The average Bonchev–Trinajstić information content (AvgIpc) is 3.27. The van der Waals surface area contributed by atoms with E-state index in [-0.39, 0.29) is 6.41 Å².